The minimum atomic E-state index is 0.216. The van der Waals surface area contributed by atoms with E-state index in [0.717, 1.165) is 5.75 Å². The SMILES string of the molecule is CC(C)OBOc1ccccc1. The highest BCUT2D eigenvalue weighted by atomic mass is 16.6. The predicted octanol–water partition coefficient (Wildman–Crippen LogP) is 1.76. The largest absolute Gasteiger partial charge is 0.539 e. The normalized spacial score (nSPS) is 9.92. The van der Waals surface area contributed by atoms with Crippen LogP contribution in [0.1, 0.15) is 13.8 Å². The van der Waals surface area contributed by atoms with Gasteiger partial charge in [-0.3, -0.25) is 0 Å². The second-order valence-corrected chi connectivity index (χ2v) is 2.79. The Morgan fingerprint density at radius 2 is 1.83 bits per heavy atom. The molecule has 3 heteroatoms. The topological polar surface area (TPSA) is 18.5 Å². The molecule has 0 aliphatic heterocycles. The number of hydrogen-bond acceptors (Lipinski definition) is 2. The molecule has 0 aliphatic rings. The summed E-state index contributed by atoms with van der Waals surface area (Å²) in [5.74, 6) is 0.846. The molecule has 0 N–H and O–H groups in total. The molecule has 0 saturated heterocycles. The molecular weight excluding hydrogens is 151 g/mol. The molecule has 1 aromatic carbocycles. The number of benzene rings is 1. The van der Waals surface area contributed by atoms with Gasteiger partial charge in [0.25, 0.3) is 0 Å². The van der Waals surface area contributed by atoms with Crippen LogP contribution in [-0.4, -0.2) is 13.8 Å². The fraction of sp³-hybridized carbons (Fsp3) is 0.333. The van der Waals surface area contributed by atoms with Gasteiger partial charge in [-0.25, -0.2) is 0 Å². The molecule has 0 aromatic heterocycles. The molecule has 0 saturated carbocycles. The molecule has 12 heavy (non-hydrogen) atoms. The Bertz CT molecular complexity index is 211. The van der Waals surface area contributed by atoms with E-state index in [4.69, 9.17) is 9.31 Å². The molecule has 2 nitrogen and oxygen atoms in total. The Balaban J connectivity index is 2.25. The third-order valence-electron chi connectivity index (χ3n) is 1.37. The van der Waals surface area contributed by atoms with E-state index in [1.807, 2.05) is 44.2 Å². The molecular formula is C9H13BO2. The van der Waals surface area contributed by atoms with Crippen LogP contribution in [0, 0.1) is 0 Å². The molecule has 1 aromatic rings. The summed E-state index contributed by atoms with van der Waals surface area (Å²) in [4.78, 5) is 0. The van der Waals surface area contributed by atoms with Crippen molar-refractivity contribution in [3.05, 3.63) is 30.3 Å². The summed E-state index contributed by atoms with van der Waals surface area (Å²) in [5.41, 5.74) is 0. The summed E-state index contributed by atoms with van der Waals surface area (Å²) < 4.78 is 10.5. The second-order valence-electron chi connectivity index (χ2n) is 2.79. The van der Waals surface area contributed by atoms with E-state index in [0.29, 0.717) is 7.69 Å². The number of hydrogen-bond donors (Lipinski definition) is 0. The van der Waals surface area contributed by atoms with Gasteiger partial charge in [0.15, 0.2) is 0 Å². The summed E-state index contributed by atoms with van der Waals surface area (Å²) in [5, 5.41) is 0. The maximum atomic E-state index is 5.29. The predicted molar refractivity (Wildman–Crippen MR) is 50.4 cm³/mol. The van der Waals surface area contributed by atoms with Gasteiger partial charge in [-0.15, -0.1) is 0 Å². The van der Waals surface area contributed by atoms with Crippen molar-refractivity contribution >= 4 is 7.69 Å². The summed E-state index contributed by atoms with van der Waals surface area (Å²) in [6.45, 7) is 3.96. The van der Waals surface area contributed by atoms with E-state index in [-0.39, 0.29) is 6.10 Å². The van der Waals surface area contributed by atoms with Crippen LogP contribution in [0.25, 0.3) is 0 Å². The molecule has 0 fully saturated rings. The molecule has 0 amide bonds. The zero-order valence-corrected chi connectivity index (χ0v) is 7.49. The summed E-state index contributed by atoms with van der Waals surface area (Å²) in [6, 6.07) is 9.64. The highest BCUT2D eigenvalue weighted by Gasteiger charge is 1.97. The van der Waals surface area contributed by atoms with Gasteiger partial charge in [0.2, 0.25) is 0 Å². The Hall–Kier alpha value is -0.955. The van der Waals surface area contributed by atoms with E-state index < -0.39 is 0 Å². The average Bonchev–Trinajstić information content (AvgIpc) is 2.05. The highest BCUT2D eigenvalue weighted by Crippen LogP contribution is 2.07. The van der Waals surface area contributed by atoms with Gasteiger partial charge in [-0.05, 0) is 26.0 Å². The first-order valence-corrected chi connectivity index (χ1v) is 4.08. The van der Waals surface area contributed by atoms with Gasteiger partial charge in [-0.2, -0.15) is 0 Å². The van der Waals surface area contributed by atoms with E-state index in [2.05, 4.69) is 0 Å². The fourth-order valence-electron chi connectivity index (χ4n) is 0.755. The molecule has 0 unspecified atom stereocenters. The van der Waals surface area contributed by atoms with Crippen molar-refractivity contribution in [2.24, 2.45) is 0 Å². The lowest BCUT2D eigenvalue weighted by atomic mass is 10.3. The van der Waals surface area contributed by atoms with Gasteiger partial charge < -0.3 is 9.31 Å². The van der Waals surface area contributed by atoms with Crippen molar-refractivity contribution in [1.82, 2.24) is 0 Å². The van der Waals surface area contributed by atoms with Gasteiger partial charge in [0.05, 0.1) is 0 Å². The third-order valence-corrected chi connectivity index (χ3v) is 1.37. The van der Waals surface area contributed by atoms with Crippen molar-refractivity contribution in [1.29, 1.82) is 0 Å². The molecule has 0 atom stereocenters. The van der Waals surface area contributed by atoms with Crippen LogP contribution in [0.4, 0.5) is 0 Å². The van der Waals surface area contributed by atoms with Gasteiger partial charge in [-0.1, -0.05) is 18.2 Å². The second kappa shape index (κ2) is 4.83. The zero-order chi connectivity index (χ0) is 8.81. The minimum Gasteiger partial charge on any atom is -0.539 e. The molecule has 0 spiro atoms. The van der Waals surface area contributed by atoms with E-state index in [9.17, 15) is 0 Å². The van der Waals surface area contributed by atoms with E-state index >= 15 is 0 Å². The van der Waals surface area contributed by atoms with E-state index in [1.165, 1.54) is 0 Å². The monoisotopic (exact) mass is 164 g/mol. The smallest absolute Gasteiger partial charge is 0.507 e. The van der Waals surface area contributed by atoms with Crippen LogP contribution in [0.2, 0.25) is 0 Å². The van der Waals surface area contributed by atoms with Crippen LogP contribution >= 0.6 is 0 Å². The van der Waals surface area contributed by atoms with Crippen molar-refractivity contribution in [3.8, 4) is 5.75 Å². The molecule has 1 rings (SSSR count). The minimum absolute atomic E-state index is 0.216. The number of para-hydroxylation sites is 1. The Morgan fingerprint density at radius 3 is 2.42 bits per heavy atom. The molecule has 0 aliphatic carbocycles. The van der Waals surface area contributed by atoms with E-state index in [1.54, 1.807) is 0 Å². The first-order chi connectivity index (χ1) is 5.79. The first-order valence-electron chi connectivity index (χ1n) is 4.08. The van der Waals surface area contributed by atoms with Gasteiger partial charge >= 0.3 is 7.69 Å². The summed E-state index contributed by atoms with van der Waals surface area (Å²) >= 11 is 0. The van der Waals surface area contributed by atoms with Gasteiger partial charge in [0, 0.05) is 6.10 Å². The van der Waals surface area contributed by atoms with Crippen molar-refractivity contribution in [2.75, 3.05) is 0 Å². The van der Waals surface area contributed by atoms with Crippen LogP contribution in [0.15, 0.2) is 30.3 Å². The lowest BCUT2D eigenvalue weighted by molar-refractivity contribution is 0.223. The van der Waals surface area contributed by atoms with Crippen molar-refractivity contribution in [2.45, 2.75) is 20.0 Å². The quantitative estimate of drug-likeness (QED) is 0.631. The summed E-state index contributed by atoms with van der Waals surface area (Å²) in [7, 11) is 0.321. The molecule has 64 valence electrons. The third kappa shape index (κ3) is 3.44. The fourth-order valence-corrected chi connectivity index (χ4v) is 0.755. The van der Waals surface area contributed by atoms with Crippen molar-refractivity contribution in [3.63, 3.8) is 0 Å². The maximum absolute atomic E-state index is 5.29. The Morgan fingerprint density at radius 1 is 1.17 bits per heavy atom. The van der Waals surface area contributed by atoms with Crippen molar-refractivity contribution < 1.29 is 9.31 Å². The Labute approximate surface area is 73.8 Å². The zero-order valence-electron chi connectivity index (χ0n) is 7.49. The Kier molecular flexibility index (Phi) is 3.68. The lowest BCUT2D eigenvalue weighted by Gasteiger charge is -2.07. The lowest BCUT2D eigenvalue weighted by Crippen LogP contribution is -2.13. The molecule has 0 heterocycles. The number of rotatable bonds is 4. The highest BCUT2D eigenvalue weighted by molar-refractivity contribution is 6.19. The van der Waals surface area contributed by atoms with Crippen LogP contribution < -0.4 is 4.65 Å². The average molecular weight is 164 g/mol. The summed E-state index contributed by atoms with van der Waals surface area (Å²) in [6.07, 6.45) is 0.216. The molecule has 0 bridgehead atoms. The first kappa shape index (κ1) is 9.14. The standard InChI is InChI=1S/C9H13BO2/c1-8(2)11-10-12-9-6-4-3-5-7-9/h3-8,10H,1-2H3. The molecule has 0 radical (unpaired) electrons. The van der Waals surface area contributed by atoms with Crippen LogP contribution in [-0.2, 0) is 4.65 Å². The van der Waals surface area contributed by atoms with Crippen LogP contribution in [0.5, 0.6) is 5.75 Å². The maximum Gasteiger partial charge on any atom is 0.507 e. The van der Waals surface area contributed by atoms with Crippen LogP contribution in [0.3, 0.4) is 0 Å². The van der Waals surface area contributed by atoms with Gasteiger partial charge in [0.1, 0.15) is 5.75 Å².